The van der Waals surface area contributed by atoms with Gasteiger partial charge in [0.1, 0.15) is 0 Å². The molecule has 0 saturated heterocycles. The fraction of sp³-hybridized carbons (Fsp3) is 0.182. The van der Waals surface area contributed by atoms with E-state index in [2.05, 4.69) is 77.7 Å². The van der Waals surface area contributed by atoms with E-state index in [4.69, 9.17) is 0 Å². The third-order valence-corrected chi connectivity index (χ3v) is 6.01. The van der Waals surface area contributed by atoms with E-state index in [1.807, 2.05) is 0 Å². The van der Waals surface area contributed by atoms with Gasteiger partial charge >= 0.3 is 0 Å². The average Bonchev–Trinajstić information content (AvgIpc) is 3.09. The largest absolute Gasteiger partial charge is 0.313 e. The predicted octanol–water partition coefficient (Wildman–Crippen LogP) is 5.54. The van der Waals surface area contributed by atoms with Crippen molar-refractivity contribution >= 4 is 22.1 Å². The highest BCUT2D eigenvalue weighted by Crippen LogP contribution is 2.72. The summed E-state index contributed by atoms with van der Waals surface area (Å²) in [6, 6.07) is 24.3. The van der Waals surface area contributed by atoms with Crippen LogP contribution in [0.5, 0.6) is 0 Å². The Morgan fingerprint density at radius 2 is 1.70 bits per heavy atom. The first-order valence-corrected chi connectivity index (χ1v) is 8.48. The van der Waals surface area contributed by atoms with Gasteiger partial charge < -0.3 is 4.90 Å². The summed E-state index contributed by atoms with van der Waals surface area (Å²) in [5.74, 6) is 0.816. The molecular formula is C22H17N. The second kappa shape index (κ2) is 3.86. The van der Waals surface area contributed by atoms with Crippen LogP contribution in [-0.2, 0) is 5.41 Å². The molecule has 0 aromatic heterocycles. The van der Waals surface area contributed by atoms with E-state index in [0.717, 1.165) is 5.92 Å². The zero-order valence-electron chi connectivity index (χ0n) is 12.9. The van der Waals surface area contributed by atoms with Crippen LogP contribution in [0.1, 0.15) is 18.4 Å². The lowest BCUT2D eigenvalue weighted by molar-refractivity contribution is 0.769. The molecule has 1 spiro atoms. The summed E-state index contributed by atoms with van der Waals surface area (Å²) in [5, 5.41) is 2.81. The summed E-state index contributed by atoms with van der Waals surface area (Å²) in [5.41, 5.74) is 6.09. The quantitative estimate of drug-likeness (QED) is 0.570. The maximum Gasteiger partial charge on any atom is 0.0506 e. The average molecular weight is 295 g/mol. The molecule has 0 amide bonds. The summed E-state index contributed by atoms with van der Waals surface area (Å²) < 4.78 is 0. The van der Waals surface area contributed by atoms with Crippen LogP contribution in [0.25, 0.3) is 10.8 Å². The SMILES string of the molecule is C1=C2N(c3ccccc3)c3ccc4ccccc4c3C23CC3C1. The number of benzene rings is 3. The minimum atomic E-state index is 0.298. The molecule has 0 N–H and O–H groups in total. The van der Waals surface area contributed by atoms with Crippen LogP contribution in [0.15, 0.2) is 78.5 Å². The molecule has 2 aliphatic carbocycles. The molecule has 1 heterocycles. The van der Waals surface area contributed by atoms with Crippen molar-refractivity contribution in [1.82, 2.24) is 0 Å². The van der Waals surface area contributed by atoms with Gasteiger partial charge in [-0.25, -0.2) is 0 Å². The minimum absolute atomic E-state index is 0.298. The monoisotopic (exact) mass is 295 g/mol. The zero-order chi connectivity index (χ0) is 15.0. The molecule has 1 saturated carbocycles. The molecule has 3 aromatic carbocycles. The molecule has 3 aliphatic rings. The Labute approximate surface area is 135 Å². The van der Waals surface area contributed by atoms with Gasteiger partial charge in [0.05, 0.1) is 5.69 Å². The summed E-state index contributed by atoms with van der Waals surface area (Å²) in [7, 11) is 0. The molecule has 1 heteroatoms. The third-order valence-electron chi connectivity index (χ3n) is 6.01. The number of para-hydroxylation sites is 1. The van der Waals surface area contributed by atoms with Crippen molar-refractivity contribution in [3.05, 3.63) is 84.1 Å². The Bertz CT molecular complexity index is 985. The highest BCUT2D eigenvalue weighted by Gasteiger charge is 2.66. The summed E-state index contributed by atoms with van der Waals surface area (Å²) in [6.07, 6.45) is 5.04. The zero-order valence-corrected chi connectivity index (χ0v) is 12.9. The van der Waals surface area contributed by atoms with E-state index < -0.39 is 0 Å². The van der Waals surface area contributed by atoms with Crippen LogP contribution >= 0.6 is 0 Å². The normalized spacial score (nSPS) is 26.7. The van der Waals surface area contributed by atoms with Gasteiger partial charge in [0, 0.05) is 16.8 Å². The highest BCUT2D eigenvalue weighted by atomic mass is 15.2. The van der Waals surface area contributed by atoms with E-state index in [9.17, 15) is 0 Å². The van der Waals surface area contributed by atoms with Gasteiger partial charge in [-0.3, -0.25) is 0 Å². The second-order valence-corrected chi connectivity index (χ2v) is 7.05. The molecule has 0 radical (unpaired) electrons. The van der Waals surface area contributed by atoms with Crippen molar-refractivity contribution < 1.29 is 0 Å². The van der Waals surface area contributed by atoms with Crippen LogP contribution in [0, 0.1) is 5.92 Å². The fourth-order valence-corrected chi connectivity index (χ4v) is 4.99. The first kappa shape index (κ1) is 12.0. The summed E-state index contributed by atoms with van der Waals surface area (Å²) >= 11 is 0. The molecule has 1 fully saturated rings. The topological polar surface area (TPSA) is 3.24 Å². The van der Waals surface area contributed by atoms with Crippen LogP contribution in [0.4, 0.5) is 11.4 Å². The van der Waals surface area contributed by atoms with Gasteiger partial charge in [-0.15, -0.1) is 0 Å². The second-order valence-electron chi connectivity index (χ2n) is 7.05. The fourth-order valence-electron chi connectivity index (χ4n) is 4.99. The Morgan fingerprint density at radius 3 is 2.57 bits per heavy atom. The lowest BCUT2D eigenvalue weighted by Crippen LogP contribution is -2.15. The van der Waals surface area contributed by atoms with Crippen molar-refractivity contribution in [3.8, 4) is 0 Å². The van der Waals surface area contributed by atoms with Gasteiger partial charge in [0.2, 0.25) is 0 Å². The van der Waals surface area contributed by atoms with E-state index >= 15 is 0 Å². The third kappa shape index (κ3) is 1.30. The van der Waals surface area contributed by atoms with E-state index in [-0.39, 0.29) is 0 Å². The summed E-state index contributed by atoms with van der Waals surface area (Å²) in [6.45, 7) is 0. The van der Waals surface area contributed by atoms with Crippen molar-refractivity contribution in [2.24, 2.45) is 5.92 Å². The molecule has 1 nitrogen and oxygen atoms in total. The smallest absolute Gasteiger partial charge is 0.0506 e. The first-order valence-electron chi connectivity index (χ1n) is 8.48. The van der Waals surface area contributed by atoms with Gasteiger partial charge in [0.25, 0.3) is 0 Å². The number of rotatable bonds is 1. The predicted molar refractivity (Wildman–Crippen MR) is 95.0 cm³/mol. The number of nitrogens with zero attached hydrogens (tertiary/aromatic N) is 1. The first-order chi connectivity index (χ1) is 11.4. The number of hydrogen-bond donors (Lipinski definition) is 0. The van der Waals surface area contributed by atoms with Crippen LogP contribution in [-0.4, -0.2) is 0 Å². The standard InChI is InChI=1S/C22H17N/c1-2-7-17(8-3-1)23-19-12-10-15-6-4-5-9-18(15)21(19)22-14-16(22)11-13-20(22)23/h1-10,12-13,16H,11,14H2. The van der Waals surface area contributed by atoms with Crippen molar-refractivity contribution in [2.75, 3.05) is 4.90 Å². The molecule has 3 aromatic rings. The van der Waals surface area contributed by atoms with E-state index in [0.29, 0.717) is 5.41 Å². The Kier molecular flexibility index (Phi) is 2.00. The number of hydrogen-bond acceptors (Lipinski definition) is 1. The molecule has 6 rings (SSSR count). The Hall–Kier alpha value is -2.54. The van der Waals surface area contributed by atoms with Crippen LogP contribution in [0.3, 0.4) is 0 Å². The maximum atomic E-state index is 2.51. The van der Waals surface area contributed by atoms with Crippen molar-refractivity contribution in [3.63, 3.8) is 0 Å². The molecule has 2 unspecified atom stereocenters. The Morgan fingerprint density at radius 1 is 0.870 bits per heavy atom. The van der Waals surface area contributed by atoms with Crippen molar-refractivity contribution in [2.45, 2.75) is 18.3 Å². The minimum Gasteiger partial charge on any atom is -0.313 e. The molecule has 110 valence electrons. The molecule has 0 bridgehead atoms. The Balaban J connectivity index is 1.71. The highest BCUT2D eigenvalue weighted by molar-refractivity contribution is 5.98. The van der Waals surface area contributed by atoms with E-state index in [1.165, 1.54) is 40.7 Å². The van der Waals surface area contributed by atoms with Crippen LogP contribution < -0.4 is 4.90 Å². The molecule has 2 atom stereocenters. The molecule has 23 heavy (non-hydrogen) atoms. The maximum absolute atomic E-state index is 2.51. The number of anilines is 2. The van der Waals surface area contributed by atoms with Gasteiger partial charge in [-0.05, 0) is 53.3 Å². The van der Waals surface area contributed by atoms with Gasteiger partial charge in [-0.2, -0.15) is 0 Å². The lowest BCUT2D eigenvalue weighted by atomic mass is 9.90. The van der Waals surface area contributed by atoms with E-state index in [1.54, 1.807) is 5.56 Å². The summed E-state index contributed by atoms with van der Waals surface area (Å²) in [4.78, 5) is 2.51. The molecule has 1 aliphatic heterocycles. The number of fused-ring (bicyclic) bond motifs is 3. The lowest BCUT2D eigenvalue weighted by Gasteiger charge is -2.22. The van der Waals surface area contributed by atoms with Crippen LogP contribution in [0.2, 0.25) is 0 Å². The van der Waals surface area contributed by atoms with Gasteiger partial charge in [0.15, 0.2) is 0 Å². The molecular weight excluding hydrogens is 278 g/mol. The number of allylic oxidation sites excluding steroid dienone is 2. The van der Waals surface area contributed by atoms with Crippen molar-refractivity contribution in [1.29, 1.82) is 0 Å². The van der Waals surface area contributed by atoms with Gasteiger partial charge in [-0.1, -0.05) is 54.6 Å².